The fourth-order valence-corrected chi connectivity index (χ4v) is 0. The van der Waals surface area contributed by atoms with Crippen molar-refractivity contribution in [1.82, 2.24) is 5.32 Å². The Balaban J connectivity index is -0.0000000400. The summed E-state index contributed by atoms with van der Waals surface area (Å²) in [7, 11) is 1.60. The van der Waals surface area contributed by atoms with Crippen LogP contribution in [0.1, 0.15) is 21.8 Å². The van der Waals surface area contributed by atoms with E-state index in [2.05, 4.69) is 28.9 Å². The minimum absolute atomic E-state index is 0. The number of hydrogen-bond donors (Lipinski definition) is 7. The zero-order chi connectivity index (χ0) is 13.3. The highest BCUT2D eigenvalue weighted by atomic mass is 32.5. The van der Waals surface area contributed by atoms with Crippen LogP contribution in [0.25, 0.3) is 0 Å². The van der Waals surface area contributed by atoms with Gasteiger partial charge in [0, 0.05) is 14.0 Å². The van der Waals surface area contributed by atoms with Crippen LogP contribution in [-0.2, 0) is 28.4 Å². The van der Waals surface area contributed by atoms with E-state index in [9.17, 15) is 4.79 Å². The molecule has 0 radical (unpaired) electrons. The molecule has 0 bridgehead atoms. The predicted octanol–water partition coefficient (Wildman–Crippen LogP) is -0.600. The number of carbonyl (C=O) groups is 1. The first-order valence-electron chi connectivity index (χ1n) is 3.02. The van der Waals surface area contributed by atoms with Crippen molar-refractivity contribution < 1.29 is 34.2 Å². The van der Waals surface area contributed by atoms with Crippen LogP contribution in [0.5, 0.6) is 0 Å². The lowest BCUT2D eigenvalue weighted by atomic mass is 10.7. The van der Waals surface area contributed by atoms with E-state index in [0.717, 1.165) is 0 Å². The molecule has 0 aromatic rings. The van der Waals surface area contributed by atoms with Gasteiger partial charge in [-0.3, -0.25) is 4.79 Å². The fourth-order valence-electron chi connectivity index (χ4n) is 0. The Morgan fingerprint density at radius 1 is 0.941 bits per heavy atom. The molecule has 1 amide bonds. The lowest BCUT2D eigenvalue weighted by molar-refractivity contribution is -0.118. The van der Waals surface area contributed by atoms with Crippen LogP contribution in [0.4, 0.5) is 0 Å². The summed E-state index contributed by atoms with van der Waals surface area (Å²) in [5.41, 5.74) is 0. The average molecular weight is 333 g/mol. The van der Waals surface area contributed by atoms with Gasteiger partial charge in [-0.2, -0.15) is 0 Å². The lowest BCUT2D eigenvalue weighted by Gasteiger charge is -1.88. The van der Waals surface area contributed by atoms with Crippen LogP contribution < -0.4 is 5.32 Å². The van der Waals surface area contributed by atoms with E-state index in [1.807, 2.05) is 0 Å². The molecule has 0 heterocycles. The largest absolute Gasteiger partial charge is 0.359 e. The molecule has 0 fully saturated rings. The Morgan fingerprint density at radius 2 is 1.00 bits per heavy atom. The Kier molecular flexibility index (Phi) is 26.2. The van der Waals surface area contributed by atoms with Crippen LogP contribution in [-0.4, -0.2) is 42.3 Å². The second-order valence-electron chi connectivity index (χ2n) is 1.83. The van der Waals surface area contributed by atoms with Gasteiger partial charge < -0.3 is 34.7 Å². The van der Waals surface area contributed by atoms with Gasteiger partial charge in [0.25, 0.3) is 0 Å². The van der Waals surface area contributed by atoms with Crippen LogP contribution >= 0.6 is 13.4 Å². The maximum Gasteiger partial charge on any atom is 0.319 e. The van der Waals surface area contributed by atoms with Crippen molar-refractivity contribution in [3.63, 3.8) is 0 Å². The normalized spacial score (nSPS) is 8.94. The number of rotatable bonds is 0. The molecular formula is C5H21NO7P2S2. The topological polar surface area (TPSA) is 150 Å². The van der Waals surface area contributed by atoms with Crippen LogP contribution in [0.15, 0.2) is 0 Å². The first-order valence-corrected chi connectivity index (χ1v) is 8.34. The second kappa shape index (κ2) is 14.6. The summed E-state index contributed by atoms with van der Waals surface area (Å²) >= 11 is 7.21. The number of carbonyl (C=O) groups excluding carboxylic acids is 1. The Bertz CT molecular complexity index is 226. The van der Waals surface area contributed by atoms with E-state index in [4.69, 9.17) is 29.4 Å². The molecule has 0 spiro atoms. The molecule has 8 nitrogen and oxygen atoms in total. The van der Waals surface area contributed by atoms with Crippen LogP contribution in [0.3, 0.4) is 0 Å². The molecule has 0 saturated heterocycles. The van der Waals surface area contributed by atoms with Crippen LogP contribution in [0.2, 0.25) is 0 Å². The van der Waals surface area contributed by atoms with Crippen molar-refractivity contribution in [2.45, 2.75) is 21.8 Å². The molecule has 0 aliphatic heterocycles. The van der Waals surface area contributed by atoms with E-state index in [1.54, 1.807) is 7.05 Å². The molecule has 0 aromatic carbocycles. The minimum atomic E-state index is -3.81. The summed E-state index contributed by atoms with van der Waals surface area (Å²) in [5.74, 6) is 0.00463. The van der Waals surface area contributed by atoms with E-state index in [0.29, 0.717) is 0 Å². The average Bonchev–Trinajstić information content (AvgIpc) is 1.79. The van der Waals surface area contributed by atoms with E-state index in [1.165, 1.54) is 6.92 Å². The summed E-state index contributed by atoms with van der Waals surface area (Å²) in [4.78, 5) is 55.0. The molecule has 0 atom stereocenters. The van der Waals surface area contributed by atoms with E-state index in [-0.39, 0.29) is 20.8 Å². The molecule has 7 N–H and O–H groups in total. The monoisotopic (exact) mass is 333 g/mol. The van der Waals surface area contributed by atoms with E-state index < -0.39 is 13.4 Å². The van der Waals surface area contributed by atoms with Gasteiger partial charge in [-0.05, 0) is 23.6 Å². The van der Waals surface area contributed by atoms with Crippen molar-refractivity contribution in [1.29, 1.82) is 0 Å². The van der Waals surface area contributed by atoms with Gasteiger partial charge in [0.2, 0.25) is 5.91 Å². The highest BCUT2D eigenvalue weighted by Gasteiger charge is 1.92. The zero-order valence-electron chi connectivity index (χ0n) is 7.80. The number of hydrogen-bond acceptors (Lipinski definition) is 3. The van der Waals surface area contributed by atoms with Gasteiger partial charge in [0.1, 0.15) is 0 Å². The third-order valence-electron chi connectivity index (χ3n) is 0.352. The third kappa shape index (κ3) is 545. The molecule has 17 heavy (non-hydrogen) atoms. The molecule has 0 aliphatic carbocycles. The van der Waals surface area contributed by atoms with Gasteiger partial charge in [0.15, 0.2) is 0 Å². The third-order valence-corrected chi connectivity index (χ3v) is 0.352. The summed E-state index contributed by atoms with van der Waals surface area (Å²) < 4.78 is 0. The van der Waals surface area contributed by atoms with Gasteiger partial charge in [0.05, 0.1) is 0 Å². The van der Waals surface area contributed by atoms with Gasteiger partial charge in [-0.1, -0.05) is 14.9 Å². The Morgan fingerprint density at radius 3 is 1.00 bits per heavy atom. The molecule has 0 unspecified atom stereocenters. The van der Waals surface area contributed by atoms with Crippen molar-refractivity contribution in [2.75, 3.05) is 7.05 Å². The Labute approximate surface area is 111 Å². The van der Waals surface area contributed by atoms with Crippen molar-refractivity contribution in [2.24, 2.45) is 0 Å². The zero-order valence-corrected chi connectivity index (χ0v) is 11.2. The molecule has 0 rings (SSSR count). The number of nitrogens with one attached hydrogen (secondary N) is 1. The first-order chi connectivity index (χ1) is 6.27. The van der Waals surface area contributed by atoms with Crippen LogP contribution in [0, 0.1) is 0 Å². The van der Waals surface area contributed by atoms with Gasteiger partial charge in [-0.25, -0.2) is 0 Å². The summed E-state index contributed by atoms with van der Waals surface area (Å²) in [6.07, 6.45) is 0. The standard InChI is InChI=1S/C3H7NO.2CH4.2H3O3PS/c1-3(5)4-2;;;2*1-4(2,3)5/h1-2H3,(H,4,5);2*1H4;2*(H3,1,2,3,5). The van der Waals surface area contributed by atoms with Gasteiger partial charge in [-0.15, -0.1) is 0 Å². The highest BCUT2D eigenvalue weighted by Crippen LogP contribution is 2.26. The molecule has 0 saturated carbocycles. The lowest BCUT2D eigenvalue weighted by Crippen LogP contribution is -2.11. The van der Waals surface area contributed by atoms with Crippen molar-refractivity contribution in [3.8, 4) is 0 Å². The van der Waals surface area contributed by atoms with Crippen molar-refractivity contribution in [3.05, 3.63) is 0 Å². The molecule has 0 aliphatic rings. The smallest absolute Gasteiger partial charge is 0.319 e. The first kappa shape index (κ1) is 30.5. The quantitative estimate of drug-likeness (QED) is 0.288. The summed E-state index contributed by atoms with van der Waals surface area (Å²) in [6.45, 7) is -6.14. The molecule has 110 valence electrons. The molecule has 0 aromatic heterocycles. The van der Waals surface area contributed by atoms with Crippen molar-refractivity contribution >= 4 is 43.0 Å². The SMILES string of the molecule is C.C.CNC(C)=O.OP(O)(O)=S.OP(O)(O)=S. The van der Waals surface area contributed by atoms with Gasteiger partial charge >= 0.3 is 13.4 Å². The fraction of sp³-hybridized carbons (Fsp3) is 0.800. The molecule has 12 heteroatoms. The maximum atomic E-state index is 9.70. The minimum Gasteiger partial charge on any atom is -0.359 e. The highest BCUT2D eigenvalue weighted by molar-refractivity contribution is 8.06. The second-order valence-corrected chi connectivity index (χ2v) is 6.83. The van der Waals surface area contributed by atoms with E-state index >= 15 is 0 Å². The summed E-state index contributed by atoms with van der Waals surface area (Å²) in [5, 5.41) is 2.39. The predicted molar refractivity (Wildman–Crippen MR) is 75.1 cm³/mol. The maximum absolute atomic E-state index is 9.70. The summed E-state index contributed by atoms with van der Waals surface area (Å²) in [6, 6.07) is 0. The number of amides is 1. The Hall–Kier alpha value is 0.530. The molecular weight excluding hydrogens is 312 g/mol.